The van der Waals surface area contributed by atoms with Crippen LogP contribution in [-0.4, -0.2) is 20.6 Å². The third-order valence-electron chi connectivity index (χ3n) is 2.13. The van der Waals surface area contributed by atoms with E-state index < -0.39 is 15.9 Å². The van der Waals surface area contributed by atoms with Crippen molar-refractivity contribution in [3.05, 3.63) is 34.9 Å². The van der Waals surface area contributed by atoms with Crippen LogP contribution in [-0.2, 0) is 10.0 Å². The molecule has 0 heterocycles. The Hall–Kier alpha value is -1.36. The third kappa shape index (κ3) is 3.06. The molecule has 0 aliphatic heterocycles. The number of hydrogen-bond donors (Lipinski definition) is 1. The molecule has 0 saturated carbocycles. The van der Waals surface area contributed by atoms with E-state index in [0.29, 0.717) is 5.56 Å². The Morgan fingerprint density at radius 3 is 2.40 bits per heavy atom. The number of hydrogen-bond acceptors (Lipinski definition) is 3. The highest BCUT2D eigenvalue weighted by atomic mass is 32.2. The van der Waals surface area contributed by atoms with E-state index >= 15 is 0 Å². The van der Waals surface area contributed by atoms with Crippen LogP contribution in [0.25, 0.3) is 0 Å². The van der Waals surface area contributed by atoms with E-state index in [1.165, 1.54) is 0 Å². The molecule has 0 spiro atoms. The summed E-state index contributed by atoms with van der Waals surface area (Å²) in [6, 6.07) is 5.19. The molecule has 1 N–H and O–H groups in total. The highest BCUT2D eigenvalue weighted by Gasteiger charge is 2.13. The second-order valence-electron chi connectivity index (χ2n) is 3.45. The number of carbonyl (C=O) groups is 1. The normalized spacial score (nSPS) is 11.1. The summed E-state index contributed by atoms with van der Waals surface area (Å²) in [4.78, 5) is 11.5. The lowest BCUT2D eigenvalue weighted by atomic mass is 10.0. The van der Waals surface area contributed by atoms with Gasteiger partial charge in [0.05, 0.1) is 6.26 Å². The molecule has 5 heteroatoms. The van der Waals surface area contributed by atoms with Crippen molar-refractivity contribution in [2.45, 2.75) is 13.8 Å². The molecule has 0 atom stereocenters. The van der Waals surface area contributed by atoms with E-state index in [1.807, 2.05) is 17.7 Å². The fourth-order valence-corrected chi connectivity index (χ4v) is 1.67. The van der Waals surface area contributed by atoms with Gasteiger partial charge in [-0.3, -0.25) is 4.79 Å². The first-order valence-corrected chi connectivity index (χ1v) is 6.29. The molecule has 1 aromatic rings. The van der Waals surface area contributed by atoms with Gasteiger partial charge in [0.2, 0.25) is 10.0 Å². The van der Waals surface area contributed by atoms with Crippen molar-refractivity contribution in [1.29, 1.82) is 0 Å². The zero-order chi connectivity index (χ0) is 11.6. The second-order valence-corrected chi connectivity index (χ2v) is 5.20. The van der Waals surface area contributed by atoms with Gasteiger partial charge in [-0.1, -0.05) is 12.1 Å². The van der Waals surface area contributed by atoms with Gasteiger partial charge in [0.1, 0.15) is 0 Å². The van der Waals surface area contributed by atoms with Gasteiger partial charge in [0.15, 0.2) is 0 Å². The number of amides is 1. The van der Waals surface area contributed by atoms with Gasteiger partial charge in [0, 0.05) is 5.56 Å². The van der Waals surface area contributed by atoms with Crippen molar-refractivity contribution in [3.8, 4) is 0 Å². The molecule has 1 amide bonds. The Kier molecular flexibility index (Phi) is 3.14. The van der Waals surface area contributed by atoms with Crippen molar-refractivity contribution in [1.82, 2.24) is 4.72 Å². The van der Waals surface area contributed by atoms with Gasteiger partial charge in [-0.2, -0.15) is 0 Å². The number of nitrogens with one attached hydrogen (secondary N) is 1. The van der Waals surface area contributed by atoms with Crippen LogP contribution in [0.2, 0.25) is 0 Å². The molecular weight excluding hydrogens is 214 g/mol. The monoisotopic (exact) mass is 227 g/mol. The van der Waals surface area contributed by atoms with Crippen LogP contribution in [0, 0.1) is 13.8 Å². The minimum atomic E-state index is -3.50. The average molecular weight is 227 g/mol. The van der Waals surface area contributed by atoms with Crippen LogP contribution < -0.4 is 4.72 Å². The van der Waals surface area contributed by atoms with Crippen molar-refractivity contribution in [2.24, 2.45) is 0 Å². The van der Waals surface area contributed by atoms with Gasteiger partial charge in [-0.25, -0.2) is 13.1 Å². The zero-order valence-electron chi connectivity index (χ0n) is 8.87. The largest absolute Gasteiger partial charge is 0.268 e. The minimum absolute atomic E-state index is 0.389. The molecule has 0 bridgehead atoms. The summed E-state index contributed by atoms with van der Waals surface area (Å²) >= 11 is 0. The first-order valence-electron chi connectivity index (χ1n) is 4.39. The topological polar surface area (TPSA) is 63.2 Å². The molecule has 0 aromatic heterocycles. The quantitative estimate of drug-likeness (QED) is 0.819. The van der Waals surface area contributed by atoms with Crippen LogP contribution in [0.4, 0.5) is 0 Å². The fraction of sp³-hybridized carbons (Fsp3) is 0.300. The summed E-state index contributed by atoms with van der Waals surface area (Å²) in [5, 5.41) is 0. The van der Waals surface area contributed by atoms with Crippen molar-refractivity contribution < 1.29 is 13.2 Å². The summed E-state index contributed by atoms with van der Waals surface area (Å²) in [5.41, 5.74) is 2.13. The van der Waals surface area contributed by atoms with Crippen molar-refractivity contribution in [3.63, 3.8) is 0 Å². The molecule has 15 heavy (non-hydrogen) atoms. The molecule has 0 unspecified atom stereocenters. The molecule has 0 radical (unpaired) electrons. The maximum absolute atomic E-state index is 11.5. The summed E-state index contributed by atoms with van der Waals surface area (Å²) in [7, 11) is -3.50. The number of aryl methyl sites for hydroxylation is 1. The Labute approximate surface area is 89.4 Å². The maximum Gasteiger partial charge on any atom is 0.264 e. The average Bonchev–Trinajstić information content (AvgIpc) is 2.06. The van der Waals surface area contributed by atoms with Gasteiger partial charge in [0.25, 0.3) is 5.91 Å². The Balaban J connectivity index is 3.08. The SMILES string of the molecule is Cc1cccc(C(=O)NS(C)(=O)=O)c1C. The summed E-state index contributed by atoms with van der Waals surface area (Å²) in [6.45, 7) is 3.65. The first-order chi connectivity index (χ1) is 6.81. The smallest absolute Gasteiger partial charge is 0.264 e. The lowest BCUT2D eigenvalue weighted by Gasteiger charge is -2.07. The maximum atomic E-state index is 11.5. The van der Waals surface area contributed by atoms with Crippen LogP contribution in [0.3, 0.4) is 0 Å². The van der Waals surface area contributed by atoms with E-state index in [2.05, 4.69) is 0 Å². The van der Waals surface area contributed by atoms with Crippen molar-refractivity contribution in [2.75, 3.05) is 6.26 Å². The van der Waals surface area contributed by atoms with Crippen LogP contribution >= 0.6 is 0 Å². The molecular formula is C10H13NO3S. The molecule has 4 nitrogen and oxygen atoms in total. The van der Waals surface area contributed by atoms with Gasteiger partial charge in [-0.15, -0.1) is 0 Å². The number of carbonyl (C=O) groups excluding carboxylic acids is 1. The Morgan fingerprint density at radius 2 is 1.87 bits per heavy atom. The van der Waals surface area contributed by atoms with E-state index in [4.69, 9.17) is 0 Å². The standard InChI is InChI=1S/C10H13NO3S/c1-7-5-4-6-9(8(7)2)10(12)11-15(3,13)14/h4-6H,1-3H3,(H,11,12). The van der Waals surface area contributed by atoms with Gasteiger partial charge in [-0.05, 0) is 31.0 Å². The number of sulfonamides is 1. The number of rotatable bonds is 2. The summed E-state index contributed by atoms with van der Waals surface area (Å²) < 4.78 is 23.7. The lowest BCUT2D eigenvalue weighted by Crippen LogP contribution is -2.29. The molecule has 82 valence electrons. The summed E-state index contributed by atoms with van der Waals surface area (Å²) in [6.07, 6.45) is 0.954. The van der Waals surface area contributed by atoms with Gasteiger partial charge >= 0.3 is 0 Å². The Morgan fingerprint density at radius 1 is 1.27 bits per heavy atom. The van der Waals surface area contributed by atoms with E-state index in [9.17, 15) is 13.2 Å². The van der Waals surface area contributed by atoms with E-state index in [0.717, 1.165) is 17.4 Å². The van der Waals surface area contributed by atoms with E-state index in [1.54, 1.807) is 19.1 Å². The predicted molar refractivity (Wildman–Crippen MR) is 58.2 cm³/mol. The predicted octanol–water partition coefficient (Wildman–Crippen LogP) is 0.993. The molecule has 1 rings (SSSR count). The number of benzene rings is 1. The van der Waals surface area contributed by atoms with Crippen LogP contribution in [0.1, 0.15) is 21.5 Å². The highest BCUT2D eigenvalue weighted by molar-refractivity contribution is 7.89. The zero-order valence-corrected chi connectivity index (χ0v) is 9.68. The molecule has 1 aromatic carbocycles. The van der Waals surface area contributed by atoms with Crippen molar-refractivity contribution >= 4 is 15.9 Å². The first kappa shape index (κ1) is 11.7. The van der Waals surface area contributed by atoms with Crippen LogP contribution in [0.15, 0.2) is 18.2 Å². The minimum Gasteiger partial charge on any atom is -0.268 e. The Bertz CT molecular complexity index is 491. The molecule has 0 aliphatic rings. The molecule has 0 fully saturated rings. The highest BCUT2D eigenvalue weighted by Crippen LogP contribution is 2.12. The third-order valence-corrected chi connectivity index (χ3v) is 2.68. The van der Waals surface area contributed by atoms with E-state index in [-0.39, 0.29) is 0 Å². The lowest BCUT2D eigenvalue weighted by molar-refractivity contribution is 0.0981. The fourth-order valence-electron chi connectivity index (χ4n) is 1.22. The summed E-state index contributed by atoms with van der Waals surface area (Å²) in [5.74, 6) is -0.585. The molecule has 0 saturated heterocycles. The second kappa shape index (κ2) is 4.02. The van der Waals surface area contributed by atoms with Gasteiger partial charge < -0.3 is 0 Å². The molecule has 0 aliphatic carbocycles. The van der Waals surface area contributed by atoms with Crippen LogP contribution in [0.5, 0.6) is 0 Å².